The molecular weight excluding hydrogens is 318 g/mol. The molecule has 1 saturated carbocycles. The normalized spacial score (nSPS) is 14.6. The van der Waals surface area contributed by atoms with E-state index in [1.165, 1.54) is 18.4 Å². The Balaban J connectivity index is 2.24. The highest BCUT2D eigenvalue weighted by atomic mass is 79.9. The molecule has 1 aliphatic carbocycles. The fourth-order valence-corrected chi connectivity index (χ4v) is 2.56. The Morgan fingerprint density at radius 1 is 1.50 bits per heavy atom. The van der Waals surface area contributed by atoms with Gasteiger partial charge in [0.25, 0.3) is 0 Å². The van der Waals surface area contributed by atoms with Gasteiger partial charge in [-0.25, -0.2) is 0 Å². The van der Waals surface area contributed by atoms with Gasteiger partial charge >= 0.3 is 0 Å². The molecule has 0 aliphatic heterocycles. The van der Waals surface area contributed by atoms with Crippen LogP contribution in [0, 0.1) is 0 Å². The number of benzene rings is 1. The molecule has 0 aromatic heterocycles. The highest BCUT2D eigenvalue weighted by Crippen LogP contribution is 2.28. The van der Waals surface area contributed by atoms with E-state index >= 15 is 0 Å². The topological polar surface area (TPSA) is 58.4 Å². The number of anilines is 1. The number of carbonyl (C=O) groups is 1. The van der Waals surface area contributed by atoms with Crippen molar-refractivity contribution < 1.29 is 4.79 Å². The monoisotopic (exact) mass is 339 g/mol. The Kier molecular flexibility index (Phi) is 5.05. The lowest BCUT2D eigenvalue weighted by Gasteiger charge is -2.30. The summed E-state index contributed by atoms with van der Waals surface area (Å²) >= 11 is 3.51. The van der Waals surface area contributed by atoms with Crippen LogP contribution < -0.4 is 16.0 Å². The summed E-state index contributed by atoms with van der Waals surface area (Å²) in [5.74, 6) is -0.306. The van der Waals surface area contributed by atoms with Gasteiger partial charge in [0.15, 0.2) is 0 Å². The molecule has 0 spiro atoms. The van der Waals surface area contributed by atoms with E-state index in [2.05, 4.69) is 52.1 Å². The molecule has 20 heavy (non-hydrogen) atoms. The zero-order valence-corrected chi connectivity index (χ0v) is 13.6. The Bertz CT molecular complexity index is 486. The average molecular weight is 340 g/mol. The molecule has 1 aromatic carbocycles. The first-order chi connectivity index (χ1) is 9.47. The number of primary amides is 1. The highest BCUT2D eigenvalue weighted by molar-refractivity contribution is 9.10. The first-order valence-corrected chi connectivity index (χ1v) is 7.83. The Hall–Kier alpha value is -1.07. The second-order valence-corrected chi connectivity index (χ2v) is 6.53. The maximum Gasteiger partial charge on any atom is 0.236 e. The summed E-state index contributed by atoms with van der Waals surface area (Å²) in [6.45, 7) is 5.21. The minimum Gasteiger partial charge on any atom is -0.368 e. The van der Waals surface area contributed by atoms with Crippen LogP contribution in [0.15, 0.2) is 22.7 Å². The number of rotatable bonds is 7. The SMILES string of the molecule is CC(C)N(CC(N)=O)c1cc(Br)ccc1CNC1CC1. The predicted molar refractivity (Wildman–Crippen MR) is 85.7 cm³/mol. The molecule has 3 N–H and O–H groups in total. The van der Waals surface area contributed by atoms with Crippen LogP contribution in [0.3, 0.4) is 0 Å². The summed E-state index contributed by atoms with van der Waals surface area (Å²) in [5, 5.41) is 3.52. The standard InChI is InChI=1S/C15H22BrN3O/c1-10(2)19(9-15(17)20)14-7-12(16)4-3-11(14)8-18-13-5-6-13/h3-4,7,10,13,18H,5-6,8-9H2,1-2H3,(H2,17,20). The van der Waals surface area contributed by atoms with E-state index in [0.717, 1.165) is 16.7 Å². The maximum atomic E-state index is 11.3. The average Bonchev–Trinajstić information content (AvgIpc) is 3.18. The third kappa shape index (κ3) is 4.21. The second-order valence-electron chi connectivity index (χ2n) is 5.62. The van der Waals surface area contributed by atoms with E-state index in [9.17, 15) is 4.79 Å². The summed E-state index contributed by atoms with van der Waals surface area (Å²) in [6.07, 6.45) is 2.53. The number of hydrogen-bond acceptors (Lipinski definition) is 3. The molecule has 1 aliphatic rings. The van der Waals surface area contributed by atoms with E-state index in [-0.39, 0.29) is 18.5 Å². The van der Waals surface area contributed by atoms with Gasteiger partial charge in [-0.15, -0.1) is 0 Å². The predicted octanol–water partition coefficient (Wildman–Crippen LogP) is 2.40. The van der Waals surface area contributed by atoms with E-state index in [1.807, 2.05) is 6.07 Å². The molecule has 0 unspecified atom stereocenters. The number of carbonyl (C=O) groups excluding carboxylic acids is 1. The van der Waals surface area contributed by atoms with Crippen LogP contribution in [0.25, 0.3) is 0 Å². The molecule has 2 rings (SSSR count). The van der Waals surface area contributed by atoms with Crippen molar-refractivity contribution in [3.63, 3.8) is 0 Å². The van der Waals surface area contributed by atoms with Crippen molar-refractivity contribution in [2.75, 3.05) is 11.4 Å². The van der Waals surface area contributed by atoms with Crippen molar-refractivity contribution in [1.29, 1.82) is 0 Å². The molecule has 0 saturated heterocycles. The van der Waals surface area contributed by atoms with Crippen LogP contribution in [-0.4, -0.2) is 24.5 Å². The van der Waals surface area contributed by atoms with E-state index < -0.39 is 0 Å². The minimum absolute atomic E-state index is 0.219. The maximum absolute atomic E-state index is 11.3. The van der Waals surface area contributed by atoms with Crippen LogP contribution >= 0.6 is 15.9 Å². The second kappa shape index (κ2) is 6.59. The van der Waals surface area contributed by atoms with Crippen LogP contribution in [0.1, 0.15) is 32.3 Å². The molecule has 110 valence electrons. The van der Waals surface area contributed by atoms with Crippen molar-refractivity contribution in [3.05, 3.63) is 28.2 Å². The molecule has 0 bridgehead atoms. The third-order valence-corrected chi connectivity index (χ3v) is 3.96. The van der Waals surface area contributed by atoms with Gasteiger partial charge in [-0.2, -0.15) is 0 Å². The number of nitrogens with two attached hydrogens (primary N) is 1. The number of nitrogens with zero attached hydrogens (tertiary/aromatic N) is 1. The molecule has 1 amide bonds. The number of nitrogens with one attached hydrogen (secondary N) is 1. The molecule has 0 heterocycles. The van der Waals surface area contributed by atoms with Crippen molar-refractivity contribution in [2.24, 2.45) is 5.73 Å². The van der Waals surface area contributed by atoms with Crippen LogP contribution in [0.5, 0.6) is 0 Å². The zero-order chi connectivity index (χ0) is 14.7. The molecular formula is C15H22BrN3O. The molecule has 0 atom stereocenters. The Morgan fingerprint density at radius 3 is 2.75 bits per heavy atom. The summed E-state index contributed by atoms with van der Waals surface area (Å²) in [6, 6.07) is 7.08. The fraction of sp³-hybridized carbons (Fsp3) is 0.533. The minimum atomic E-state index is -0.306. The Labute approximate surface area is 128 Å². The van der Waals surface area contributed by atoms with E-state index in [0.29, 0.717) is 6.04 Å². The van der Waals surface area contributed by atoms with Gasteiger partial charge in [-0.1, -0.05) is 22.0 Å². The summed E-state index contributed by atoms with van der Waals surface area (Å²) in [4.78, 5) is 13.4. The highest BCUT2D eigenvalue weighted by Gasteiger charge is 2.22. The lowest BCUT2D eigenvalue weighted by molar-refractivity contribution is -0.116. The summed E-state index contributed by atoms with van der Waals surface area (Å²) in [7, 11) is 0. The smallest absolute Gasteiger partial charge is 0.236 e. The first kappa shape index (κ1) is 15.3. The van der Waals surface area contributed by atoms with Gasteiger partial charge in [0.1, 0.15) is 0 Å². The van der Waals surface area contributed by atoms with E-state index in [1.54, 1.807) is 0 Å². The van der Waals surface area contributed by atoms with Crippen molar-refractivity contribution >= 4 is 27.5 Å². The van der Waals surface area contributed by atoms with Crippen LogP contribution in [-0.2, 0) is 11.3 Å². The fourth-order valence-electron chi connectivity index (χ4n) is 2.21. The first-order valence-electron chi connectivity index (χ1n) is 7.04. The van der Waals surface area contributed by atoms with Crippen LogP contribution in [0.4, 0.5) is 5.69 Å². The van der Waals surface area contributed by atoms with Gasteiger partial charge in [-0.05, 0) is 44.4 Å². The van der Waals surface area contributed by atoms with Gasteiger partial charge in [0.05, 0.1) is 6.54 Å². The molecule has 1 fully saturated rings. The quantitative estimate of drug-likeness (QED) is 0.801. The largest absolute Gasteiger partial charge is 0.368 e. The van der Waals surface area contributed by atoms with Gasteiger partial charge < -0.3 is 16.0 Å². The zero-order valence-electron chi connectivity index (χ0n) is 12.0. The Morgan fingerprint density at radius 2 is 2.20 bits per heavy atom. The van der Waals surface area contributed by atoms with E-state index in [4.69, 9.17) is 5.73 Å². The van der Waals surface area contributed by atoms with Crippen LogP contribution in [0.2, 0.25) is 0 Å². The van der Waals surface area contributed by atoms with Gasteiger partial charge in [0, 0.05) is 28.8 Å². The molecule has 1 aromatic rings. The van der Waals surface area contributed by atoms with Gasteiger partial charge in [-0.3, -0.25) is 4.79 Å². The van der Waals surface area contributed by atoms with Crippen molar-refractivity contribution in [2.45, 2.75) is 45.3 Å². The number of amides is 1. The lowest BCUT2D eigenvalue weighted by Crippen LogP contribution is -2.39. The number of halogens is 1. The third-order valence-electron chi connectivity index (χ3n) is 3.46. The molecule has 5 heteroatoms. The molecule has 0 radical (unpaired) electrons. The molecule has 4 nitrogen and oxygen atoms in total. The van der Waals surface area contributed by atoms with Gasteiger partial charge in [0.2, 0.25) is 5.91 Å². The summed E-state index contributed by atoms with van der Waals surface area (Å²) < 4.78 is 1.01. The van der Waals surface area contributed by atoms with Crippen molar-refractivity contribution in [3.8, 4) is 0 Å². The lowest BCUT2D eigenvalue weighted by atomic mass is 10.1. The summed E-state index contributed by atoms with van der Waals surface area (Å²) in [5.41, 5.74) is 7.66. The van der Waals surface area contributed by atoms with Crippen molar-refractivity contribution in [1.82, 2.24) is 5.32 Å². The number of hydrogen-bond donors (Lipinski definition) is 2.